The highest BCUT2D eigenvalue weighted by molar-refractivity contribution is 7.91. The molecule has 6 heteroatoms. The van der Waals surface area contributed by atoms with E-state index in [4.69, 9.17) is 0 Å². The number of carbonyl (C=O) groups is 1. The molecular formula is C14H26N2O3S. The molecule has 2 saturated heterocycles. The van der Waals surface area contributed by atoms with Gasteiger partial charge in [-0.05, 0) is 31.7 Å². The summed E-state index contributed by atoms with van der Waals surface area (Å²) in [6, 6.07) is 0.582. The molecule has 0 aliphatic carbocycles. The molecular weight excluding hydrogens is 276 g/mol. The molecule has 2 rings (SSSR count). The number of amides is 1. The van der Waals surface area contributed by atoms with E-state index in [-0.39, 0.29) is 35.8 Å². The number of rotatable bonds is 5. The van der Waals surface area contributed by atoms with Gasteiger partial charge in [-0.1, -0.05) is 13.8 Å². The molecule has 20 heavy (non-hydrogen) atoms. The molecule has 0 aromatic carbocycles. The highest BCUT2D eigenvalue weighted by Gasteiger charge is 2.37. The maximum atomic E-state index is 12.4. The molecule has 2 heterocycles. The van der Waals surface area contributed by atoms with Gasteiger partial charge >= 0.3 is 0 Å². The third kappa shape index (κ3) is 3.95. The third-order valence-corrected chi connectivity index (χ3v) is 6.16. The van der Waals surface area contributed by atoms with E-state index in [1.807, 2.05) is 18.7 Å². The number of nitrogens with one attached hydrogen (secondary N) is 1. The van der Waals surface area contributed by atoms with Crippen molar-refractivity contribution in [2.45, 2.75) is 51.6 Å². The summed E-state index contributed by atoms with van der Waals surface area (Å²) in [6.45, 7) is 5.58. The molecule has 0 spiro atoms. The highest BCUT2D eigenvalue weighted by Crippen LogP contribution is 2.28. The second kappa shape index (κ2) is 6.43. The molecule has 2 atom stereocenters. The Labute approximate surface area is 122 Å². The predicted molar refractivity (Wildman–Crippen MR) is 79.3 cm³/mol. The summed E-state index contributed by atoms with van der Waals surface area (Å²) in [5.74, 6) is 0.310. The van der Waals surface area contributed by atoms with Crippen molar-refractivity contribution < 1.29 is 13.2 Å². The topological polar surface area (TPSA) is 66.5 Å². The first kappa shape index (κ1) is 15.8. The maximum Gasteiger partial charge on any atom is 0.224 e. The number of carbonyl (C=O) groups excluding carboxylic acids is 1. The molecule has 0 saturated carbocycles. The molecule has 5 nitrogen and oxygen atoms in total. The molecule has 1 amide bonds. The number of nitrogens with zero attached hydrogens (tertiary/aromatic N) is 1. The van der Waals surface area contributed by atoms with Crippen molar-refractivity contribution in [1.82, 2.24) is 10.2 Å². The molecule has 2 aliphatic rings. The van der Waals surface area contributed by atoms with Crippen molar-refractivity contribution in [3.8, 4) is 0 Å². The van der Waals surface area contributed by atoms with Crippen LogP contribution in [0.15, 0.2) is 0 Å². The van der Waals surface area contributed by atoms with Crippen LogP contribution < -0.4 is 5.32 Å². The van der Waals surface area contributed by atoms with Crippen LogP contribution in [0.25, 0.3) is 0 Å². The number of sulfone groups is 1. The summed E-state index contributed by atoms with van der Waals surface area (Å²) >= 11 is 0. The third-order valence-electron chi connectivity index (χ3n) is 4.16. The average molecular weight is 302 g/mol. The van der Waals surface area contributed by atoms with Crippen molar-refractivity contribution in [2.75, 3.05) is 24.6 Å². The lowest BCUT2D eigenvalue weighted by molar-refractivity contribution is -0.133. The first-order valence-corrected chi connectivity index (χ1v) is 9.43. The van der Waals surface area contributed by atoms with E-state index < -0.39 is 9.84 Å². The Morgan fingerprint density at radius 1 is 1.25 bits per heavy atom. The van der Waals surface area contributed by atoms with Gasteiger partial charge in [-0.25, -0.2) is 8.42 Å². The zero-order valence-corrected chi connectivity index (χ0v) is 13.3. The summed E-state index contributed by atoms with van der Waals surface area (Å²) in [4.78, 5) is 14.3. The van der Waals surface area contributed by atoms with Crippen LogP contribution in [0.3, 0.4) is 0 Å². The van der Waals surface area contributed by atoms with Crippen LogP contribution in [-0.4, -0.2) is 55.9 Å². The second-order valence-electron chi connectivity index (χ2n) is 6.44. The van der Waals surface area contributed by atoms with Gasteiger partial charge in [-0.3, -0.25) is 4.79 Å². The highest BCUT2D eigenvalue weighted by atomic mass is 32.2. The van der Waals surface area contributed by atoms with Crippen molar-refractivity contribution in [3.05, 3.63) is 0 Å². The van der Waals surface area contributed by atoms with Gasteiger partial charge in [-0.2, -0.15) is 0 Å². The van der Waals surface area contributed by atoms with Crippen molar-refractivity contribution in [2.24, 2.45) is 5.92 Å². The Bertz CT molecular complexity index is 433. The monoisotopic (exact) mass is 302 g/mol. The molecule has 2 bridgehead atoms. The summed E-state index contributed by atoms with van der Waals surface area (Å²) in [7, 11) is -3.10. The maximum absolute atomic E-state index is 12.4. The van der Waals surface area contributed by atoms with Crippen LogP contribution in [0.4, 0.5) is 0 Å². The summed E-state index contributed by atoms with van der Waals surface area (Å²) in [5, 5.41) is 3.35. The molecule has 0 aromatic heterocycles. The normalized spacial score (nSPS) is 26.9. The average Bonchev–Trinajstić information content (AvgIpc) is 2.58. The largest absolute Gasteiger partial charge is 0.335 e. The fourth-order valence-corrected chi connectivity index (χ4v) is 5.02. The van der Waals surface area contributed by atoms with Gasteiger partial charge in [0, 0.05) is 25.0 Å². The SMILES string of the molecule is CC(C)CS(=O)(=O)CCC(=O)N1C2CCNCC1CC2. The Hall–Kier alpha value is -0.620. The first-order valence-electron chi connectivity index (χ1n) is 7.61. The standard InChI is InChI=1S/C14H26N2O3S/c1-11(2)10-20(18,19)8-6-14(17)16-12-3-4-13(16)9-15-7-5-12/h11-13,15H,3-10H2,1-2H3. The fourth-order valence-electron chi connectivity index (χ4n) is 3.35. The number of hydrogen-bond acceptors (Lipinski definition) is 4. The van der Waals surface area contributed by atoms with Crippen LogP contribution in [0.5, 0.6) is 0 Å². The van der Waals surface area contributed by atoms with Crippen LogP contribution in [0.1, 0.15) is 39.5 Å². The van der Waals surface area contributed by atoms with Crippen LogP contribution in [0, 0.1) is 5.92 Å². The van der Waals surface area contributed by atoms with E-state index in [1.165, 1.54) is 0 Å². The van der Waals surface area contributed by atoms with Gasteiger partial charge in [0.2, 0.25) is 5.91 Å². The smallest absolute Gasteiger partial charge is 0.224 e. The quantitative estimate of drug-likeness (QED) is 0.816. The van der Waals surface area contributed by atoms with E-state index in [0.29, 0.717) is 6.04 Å². The zero-order valence-electron chi connectivity index (χ0n) is 12.5. The number of hydrogen-bond donors (Lipinski definition) is 1. The Balaban J connectivity index is 1.92. The minimum absolute atomic E-state index is 0.00657. The Morgan fingerprint density at radius 2 is 1.95 bits per heavy atom. The van der Waals surface area contributed by atoms with Crippen LogP contribution in [0.2, 0.25) is 0 Å². The van der Waals surface area contributed by atoms with Crippen molar-refractivity contribution in [1.29, 1.82) is 0 Å². The van der Waals surface area contributed by atoms with E-state index in [1.54, 1.807) is 0 Å². The van der Waals surface area contributed by atoms with Gasteiger partial charge in [0.25, 0.3) is 0 Å². The number of fused-ring (bicyclic) bond motifs is 2. The lowest BCUT2D eigenvalue weighted by Crippen LogP contribution is -2.43. The minimum atomic E-state index is -3.10. The van der Waals surface area contributed by atoms with Gasteiger partial charge in [-0.15, -0.1) is 0 Å². The second-order valence-corrected chi connectivity index (χ2v) is 8.67. The molecule has 2 fully saturated rings. The van der Waals surface area contributed by atoms with Crippen molar-refractivity contribution >= 4 is 15.7 Å². The summed E-state index contributed by atoms with van der Waals surface area (Å²) in [5.41, 5.74) is 0. The molecule has 0 radical (unpaired) electrons. The van der Waals surface area contributed by atoms with Gasteiger partial charge in [0.15, 0.2) is 9.84 Å². The molecule has 2 aliphatic heterocycles. The van der Waals surface area contributed by atoms with E-state index in [9.17, 15) is 13.2 Å². The van der Waals surface area contributed by atoms with Crippen molar-refractivity contribution in [3.63, 3.8) is 0 Å². The Kier molecular flexibility index (Phi) is 5.07. The van der Waals surface area contributed by atoms with Gasteiger partial charge in [0.1, 0.15) is 0 Å². The Morgan fingerprint density at radius 3 is 2.65 bits per heavy atom. The van der Waals surface area contributed by atoms with E-state index in [2.05, 4.69) is 5.32 Å². The molecule has 2 unspecified atom stereocenters. The van der Waals surface area contributed by atoms with E-state index in [0.717, 1.165) is 32.4 Å². The summed E-state index contributed by atoms with van der Waals surface area (Å²) in [6.07, 6.45) is 3.24. The lowest BCUT2D eigenvalue weighted by atomic mass is 10.1. The van der Waals surface area contributed by atoms with Gasteiger partial charge < -0.3 is 10.2 Å². The molecule has 0 aromatic rings. The fraction of sp³-hybridized carbons (Fsp3) is 0.929. The van der Waals surface area contributed by atoms with Crippen LogP contribution >= 0.6 is 0 Å². The summed E-state index contributed by atoms with van der Waals surface area (Å²) < 4.78 is 23.8. The molecule has 116 valence electrons. The van der Waals surface area contributed by atoms with Crippen LogP contribution in [-0.2, 0) is 14.6 Å². The molecule has 1 N–H and O–H groups in total. The van der Waals surface area contributed by atoms with E-state index >= 15 is 0 Å². The zero-order chi connectivity index (χ0) is 14.8. The van der Waals surface area contributed by atoms with Gasteiger partial charge in [0.05, 0.1) is 11.5 Å². The first-order chi connectivity index (χ1) is 9.39. The lowest BCUT2D eigenvalue weighted by Gasteiger charge is -2.28. The minimum Gasteiger partial charge on any atom is -0.335 e. The predicted octanol–water partition coefficient (Wildman–Crippen LogP) is 0.800.